The Morgan fingerprint density at radius 1 is 1.28 bits per heavy atom. The molecule has 10 nitrogen and oxygen atoms in total. The van der Waals surface area contributed by atoms with Gasteiger partial charge in [-0.25, -0.2) is 0 Å². The monoisotopic (exact) mass is 411 g/mol. The summed E-state index contributed by atoms with van der Waals surface area (Å²) in [6.45, 7) is -0.616. The Morgan fingerprint density at radius 3 is 2.69 bits per heavy atom. The number of carbonyl (C=O) groups excluding carboxylic acids is 1. The molecule has 0 saturated carbocycles. The fourth-order valence-corrected chi connectivity index (χ4v) is 2.37. The number of fused-ring (bicyclic) bond motifs is 1. The number of carbonyl (C=O) groups is 1. The molecule has 0 spiro atoms. The van der Waals surface area contributed by atoms with E-state index in [0.717, 1.165) is 24.3 Å². The molecule has 0 atom stereocenters. The van der Waals surface area contributed by atoms with Crippen molar-refractivity contribution in [2.45, 2.75) is 6.18 Å². The number of hydrogen-bond acceptors (Lipinski definition) is 7. The molecular formula is C16H12F3N5O5. The highest BCUT2D eigenvalue weighted by molar-refractivity contribution is 5.93. The van der Waals surface area contributed by atoms with Gasteiger partial charge in [0, 0.05) is 6.07 Å². The van der Waals surface area contributed by atoms with E-state index in [0.29, 0.717) is 4.85 Å². The fourth-order valence-electron chi connectivity index (χ4n) is 2.37. The zero-order valence-corrected chi connectivity index (χ0v) is 14.6. The first kappa shape index (κ1) is 19.9. The van der Waals surface area contributed by atoms with Crippen LogP contribution in [0.5, 0.6) is 5.75 Å². The van der Waals surface area contributed by atoms with Gasteiger partial charge in [0.25, 0.3) is 11.6 Å². The average molecular weight is 411 g/mol. The highest BCUT2D eigenvalue weighted by Crippen LogP contribution is 2.31. The van der Waals surface area contributed by atoms with Crippen molar-refractivity contribution in [1.29, 1.82) is 0 Å². The summed E-state index contributed by atoms with van der Waals surface area (Å²) in [6, 6.07) is 6.35. The lowest BCUT2D eigenvalue weighted by atomic mass is 10.2. The number of non-ortho nitro benzene ring substituents is 1. The summed E-state index contributed by atoms with van der Waals surface area (Å²) in [5, 5.41) is 20.4. The summed E-state index contributed by atoms with van der Waals surface area (Å²) in [6.07, 6.45) is -4.56. The second kappa shape index (κ2) is 7.61. The molecule has 0 radical (unpaired) electrons. The van der Waals surface area contributed by atoms with Gasteiger partial charge in [-0.3, -0.25) is 14.9 Å². The number of rotatable bonds is 6. The summed E-state index contributed by atoms with van der Waals surface area (Å²) in [5.41, 5.74) is -0.923. The van der Waals surface area contributed by atoms with Crippen molar-refractivity contribution < 1.29 is 32.5 Å². The van der Waals surface area contributed by atoms with Gasteiger partial charge >= 0.3 is 6.18 Å². The molecule has 0 aliphatic carbocycles. The van der Waals surface area contributed by atoms with E-state index in [2.05, 4.69) is 15.6 Å². The van der Waals surface area contributed by atoms with Crippen molar-refractivity contribution in [2.24, 2.45) is 0 Å². The van der Waals surface area contributed by atoms with Crippen LogP contribution in [0.1, 0.15) is 5.56 Å². The first-order chi connectivity index (χ1) is 13.7. The lowest BCUT2D eigenvalue weighted by Crippen LogP contribution is -2.26. The van der Waals surface area contributed by atoms with Crippen LogP contribution in [0.2, 0.25) is 0 Å². The first-order valence-corrected chi connectivity index (χ1v) is 7.87. The maximum atomic E-state index is 12.9. The molecule has 0 bridgehead atoms. The van der Waals surface area contributed by atoms with Gasteiger partial charge < -0.3 is 14.9 Å². The minimum atomic E-state index is -4.56. The largest absolute Gasteiger partial charge is 0.494 e. The van der Waals surface area contributed by atoms with Gasteiger partial charge in [-0.15, -0.1) is 5.10 Å². The molecule has 1 heterocycles. The van der Waals surface area contributed by atoms with Crippen LogP contribution in [-0.2, 0) is 11.0 Å². The standard InChI is InChI=1S/C16H12F3N5O5/c1-28-14-7-10(24(26)27)3-5-12(14)20-15(25)8-29-23-13-6-9(16(17,18)19)2-4-11(13)21-22-23/h2-7H,8H2,1H3,(H,20,25). The zero-order valence-electron chi connectivity index (χ0n) is 14.6. The van der Waals surface area contributed by atoms with Crippen molar-refractivity contribution in [3.8, 4) is 5.75 Å². The molecular weight excluding hydrogens is 399 g/mol. The maximum Gasteiger partial charge on any atom is 0.416 e. The predicted octanol–water partition coefficient (Wildman–Crippen LogP) is 2.43. The predicted molar refractivity (Wildman–Crippen MR) is 92.3 cm³/mol. The number of anilines is 1. The van der Waals surface area contributed by atoms with Gasteiger partial charge in [0.1, 0.15) is 16.8 Å². The van der Waals surface area contributed by atoms with Crippen LogP contribution >= 0.6 is 0 Å². The van der Waals surface area contributed by atoms with E-state index < -0.39 is 29.2 Å². The second-order valence-electron chi connectivity index (χ2n) is 5.63. The van der Waals surface area contributed by atoms with Crippen LogP contribution in [-0.4, -0.2) is 39.7 Å². The van der Waals surface area contributed by atoms with E-state index in [-0.39, 0.29) is 28.2 Å². The number of benzene rings is 2. The maximum absolute atomic E-state index is 12.9. The Bertz CT molecular complexity index is 1080. The third kappa shape index (κ3) is 4.34. The van der Waals surface area contributed by atoms with E-state index in [4.69, 9.17) is 9.57 Å². The van der Waals surface area contributed by atoms with Gasteiger partial charge in [-0.1, -0.05) is 4.85 Å². The third-order valence-corrected chi connectivity index (χ3v) is 3.73. The number of ether oxygens (including phenoxy) is 1. The van der Waals surface area contributed by atoms with E-state index >= 15 is 0 Å². The van der Waals surface area contributed by atoms with Gasteiger partial charge in [0.2, 0.25) is 0 Å². The minimum Gasteiger partial charge on any atom is -0.494 e. The first-order valence-electron chi connectivity index (χ1n) is 7.87. The summed E-state index contributed by atoms with van der Waals surface area (Å²) in [5.74, 6) is -0.652. The molecule has 0 saturated heterocycles. The number of aromatic nitrogens is 3. The van der Waals surface area contributed by atoms with Crippen LogP contribution in [0.15, 0.2) is 36.4 Å². The number of halogens is 3. The molecule has 2 aromatic carbocycles. The van der Waals surface area contributed by atoms with Crippen LogP contribution in [0, 0.1) is 10.1 Å². The van der Waals surface area contributed by atoms with Crippen LogP contribution in [0.4, 0.5) is 24.5 Å². The summed E-state index contributed by atoms with van der Waals surface area (Å²) in [7, 11) is 1.27. The molecule has 1 N–H and O–H groups in total. The van der Waals surface area contributed by atoms with Gasteiger partial charge in [0.15, 0.2) is 6.61 Å². The lowest BCUT2D eigenvalue weighted by Gasteiger charge is -2.11. The SMILES string of the molecule is COc1cc([N+](=O)[O-])ccc1NC(=O)COn1nnc2ccc(C(F)(F)F)cc21. The van der Waals surface area contributed by atoms with Crippen molar-refractivity contribution in [1.82, 2.24) is 15.2 Å². The van der Waals surface area contributed by atoms with Crippen molar-refractivity contribution in [3.05, 3.63) is 52.1 Å². The number of nitro groups is 1. The second-order valence-corrected chi connectivity index (χ2v) is 5.63. The number of amides is 1. The molecule has 0 unspecified atom stereocenters. The molecule has 152 valence electrons. The Kier molecular flexibility index (Phi) is 5.21. The Morgan fingerprint density at radius 2 is 2.03 bits per heavy atom. The van der Waals surface area contributed by atoms with Gasteiger partial charge in [0.05, 0.1) is 29.4 Å². The van der Waals surface area contributed by atoms with E-state index in [1.807, 2.05) is 0 Å². The zero-order chi connectivity index (χ0) is 21.2. The highest BCUT2D eigenvalue weighted by atomic mass is 19.4. The Hall–Kier alpha value is -3.90. The summed E-state index contributed by atoms with van der Waals surface area (Å²) in [4.78, 5) is 28.1. The number of nitrogens with zero attached hydrogens (tertiary/aromatic N) is 4. The van der Waals surface area contributed by atoms with E-state index in [1.165, 1.54) is 19.2 Å². The van der Waals surface area contributed by atoms with Gasteiger partial charge in [-0.05, 0) is 29.5 Å². The van der Waals surface area contributed by atoms with Crippen LogP contribution in [0.3, 0.4) is 0 Å². The average Bonchev–Trinajstić information content (AvgIpc) is 3.08. The van der Waals surface area contributed by atoms with Gasteiger partial charge in [-0.2, -0.15) is 13.2 Å². The molecule has 0 aliphatic rings. The third-order valence-electron chi connectivity index (χ3n) is 3.73. The Labute approximate surface area is 159 Å². The van der Waals surface area contributed by atoms with Crippen molar-refractivity contribution in [2.75, 3.05) is 19.0 Å². The number of nitro benzene ring substituents is 1. The summed E-state index contributed by atoms with van der Waals surface area (Å²) < 4.78 is 43.5. The summed E-state index contributed by atoms with van der Waals surface area (Å²) >= 11 is 0. The van der Waals surface area contributed by atoms with Crippen molar-refractivity contribution in [3.63, 3.8) is 0 Å². The highest BCUT2D eigenvalue weighted by Gasteiger charge is 2.31. The number of nitrogens with one attached hydrogen (secondary N) is 1. The van der Waals surface area contributed by atoms with E-state index in [1.54, 1.807) is 0 Å². The number of alkyl halides is 3. The topological polar surface area (TPSA) is 121 Å². The molecule has 0 aliphatic heterocycles. The Balaban J connectivity index is 1.72. The molecule has 1 aromatic heterocycles. The molecule has 1 amide bonds. The number of hydrogen-bond donors (Lipinski definition) is 1. The van der Waals surface area contributed by atoms with Crippen LogP contribution < -0.4 is 14.9 Å². The van der Waals surface area contributed by atoms with Crippen LogP contribution in [0.25, 0.3) is 11.0 Å². The number of methoxy groups -OCH3 is 1. The lowest BCUT2D eigenvalue weighted by molar-refractivity contribution is -0.384. The molecule has 0 fully saturated rings. The quantitative estimate of drug-likeness (QED) is 0.488. The molecule has 3 aromatic rings. The fraction of sp³-hybridized carbons (Fsp3) is 0.188. The normalized spacial score (nSPS) is 11.3. The van der Waals surface area contributed by atoms with E-state index in [9.17, 15) is 28.1 Å². The molecule has 13 heteroatoms. The smallest absolute Gasteiger partial charge is 0.416 e. The van der Waals surface area contributed by atoms with Crippen molar-refractivity contribution >= 4 is 28.3 Å². The molecule has 29 heavy (non-hydrogen) atoms. The molecule has 3 rings (SSSR count). The minimum absolute atomic E-state index is 0.0496.